The minimum atomic E-state index is -0.417. The van der Waals surface area contributed by atoms with Crippen molar-refractivity contribution in [1.29, 1.82) is 0 Å². The van der Waals surface area contributed by atoms with Gasteiger partial charge in [0, 0.05) is 23.9 Å². The molecule has 1 unspecified atom stereocenters. The van der Waals surface area contributed by atoms with Crippen molar-refractivity contribution < 1.29 is 24.0 Å². The number of benzene rings is 1. The van der Waals surface area contributed by atoms with Gasteiger partial charge in [0.1, 0.15) is 17.9 Å². The fourth-order valence-corrected chi connectivity index (χ4v) is 4.41. The van der Waals surface area contributed by atoms with Gasteiger partial charge in [-0.1, -0.05) is 17.3 Å². The molecule has 3 amide bonds. The first kappa shape index (κ1) is 20.9. The van der Waals surface area contributed by atoms with Crippen molar-refractivity contribution in [2.45, 2.75) is 25.6 Å². The Morgan fingerprint density at radius 3 is 2.71 bits per heavy atom. The second-order valence-electron chi connectivity index (χ2n) is 7.26. The Bertz CT molecular complexity index is 1000. The highest BCUT2D eigenvalue weighted by atomic mass is 32.1. The molecular formula is C21H22N4O5S. The predicted molar refractivity (Wildman–Crippen MR) is 116 cm³/mol. The first-order valence-corrected chi connectivity index (χ1v) is 10.7. The summed E-state index contributed by atoms with van der Waals surface area (Å²) in [6.45, 7) is 2.55. The SMILES string of the molecule is CC(=O)NC[C@H]1CN(c2ccc(-c3ccc(C4=NOC(CNC=O)C4)s3)cc2)C(=O)O1. The fourth-order valence-electron chi connectivity index (χ4n) is 3.41. The van der Waals surface area contributed by atoms with Crippen LogP contribution in [-0.4, -0.2) is 56.0 Å². The Hall–Kier alpha value is -3.40. The zero-order valence-electron chi connectivity index (χ0n) is 16.9. The van der Waals surface area contributed by atoms with Crippen LogP contribution in [0, 0.1) is 0 Å². The molecule has 2 aromatic rings. The minimum Gasteiger partial charge on any atom is -0.442 e. The minimum absolute atomic E-state index is 0.139. The number of hydrogen-bond acceptors (Lipinski definition) is 7. The first-order valence-electron chi connectivity index (χ1n) is 9.86. The molecule has 2 aliphatic heterocycles. The zero-order valence-corrected chi connectivity index (χ0v) is 17.7. The number of carbonyl (C=O) groups is 3. The topological polar surface area (TPSA) is 109 Å². The summed E-state index contributed by atoms with van der Waals surface area (Å²) in [5.74, 6) is -0.155. The second-order valence-corrected chi connectivity index (χ2v) is 8.34. The van der Waals surface area contributed by atoms with E-state index in [1.54, 1.807) is 16.2 Å². The lowest BCUT2D eigenvalue weighted by molar-refractivity contribution is -0.119. The van der Waals surface area contributed by atoms with E-state index in [9.17, 15) is 14.4 Å². The number of oxime groups is 1. The van der Waals surface area contributed by atoms with Gasteiger partial charge in [-0.3, -0.25) is 14.5 Å². The van der Waals surface area contributed by atoms with E-state index in [2.05, 4.69) is 15.8 Å². The first-order chi connectivity index (χ1) is 15.0. The third-order valence-electron chi connectivity index (χ3n) is 4.97. The van der Waals surface area contributed by atoms with Crippen molar-refractivity contribution in [3.63, 3.8) is 0 Å². The van der Waals surface area contributed by atoms with Crippen molar-refractivity contribution >= 4 is 41.1 Å². The Morgan fingerprint density at radius 2 is 1.97 bits per heavy atom. The smallest absolute Gasteiger partial charge is 0.414 e. The molecule has 2 N–H and O–H groups in total. The number of amides is 3. The van der Waals surface area contributed by atoms with Gasteiger partial charge in [-0.25, -0.2) is 4.79 Å². The van der Waals surface area contributed by atoms with Gasteiger partial charge < -0.3 is 20.2 Å². The normalized spacial score (nSPS) is 20.1. The molecule has 0 aliphatic carbocycles. The maximum Gasteiger partial charge on any atom is 0.414 e. The molecule has 0 bridgehead atoms. The van der Waals surface area contributed by atoms with Crippen LogP contribution in [0.25, 0.3) is 10.4 Å². The Morgan fingerprint density at radius 1 is 1.19 bits per heavy atom. The number of hydrogen-bond donors (Lipinski definition) is 2. The quantitative estimate of drug-likeness (QED) is 0.609. The van der Waals surface area contributed by atoms with Gasteiger partial charge in [0.15, 0.2) is 0 Å². The van der Waals surface area contributed by atoms with Gasteiger partial charge in [-0.05, 0) is 29.8 Å². The average molecular weight is 442 g/mol. The number of ether oxygens (including phenoxy) is 1. The zero-order chi connectivity index (χ0) is 21.8. The molecule has 10 heteroatoms. The lowest BCUT2D eigenvalue weighted by atomic mass is 10.1. The van der Waals surface area contributed by atoms with E-state index in [4.69, 9.17) is 9.57 Å². The third-order valence-corrected chi connectivity index (χ3v) is 6.15. The maximum absolute atomic E-state index is 12.2. The molecule has 2 aliphatic rings. The molecule has 1 saturated heterocycles. The van der Waals surface area contributed by atoms with Crippen LogP contribution < -0.4 is 15.5 Å². The highest BCUT2D eigenvalue weighted by molar-refractivity contribution is 7.17. The van der Waals surface area contributed by atoms with E-state index < -0.39 is 6.09 Å². The molecule has 1 aromatic heterocycles. The van der Waals surface area contributed by atoms with Crippen LogP contribution in [0.1, 0.15) is 18.2 Å². The molecule has 3 heterocycles. The van der Waals surface area contributed by atoms with Crippen LogP contribution in [-0.2, 0) is 19.2 Å². The second kappa shape index (κ2) is 9.17. The van der Waals surface area contributed by atoms with E-state index >= 15 is 0 Å². The number of cyclic esters (lactones) is 1. The van der Waals surface area contributed by atoms with Crippen LogP contribution in [0.15, 0.2) is 41.6 Å². The molecule has 0 saturated carbocycles. The van der Waals surface area contributed by atoms with Crippen molar-refractivity contribution in [3.05, 3.63) is 41.3 Å². The molecule has 1 fully saturated rings. The van der Waals surface area contributed by atoms with Crippen molar-refractivity contribution in [1.82, 2.24) is 10.6 Å². The van der Waals surface area contributed by atoms with E-state index in [1.165, 1.54) is 6.92 Å². The van der Waals surface area contributed by atoms with Gasteiger partial charge in [-0.15, -0.1) is 11.3 Å². The van der Waals surface area contributed by atoms with Crippen LogP contribution in [0.2, 0.25) is 0 Å². The summed E-state index contributed by atoms with van der Waals surface area (Å²) in [6, 6.07) is 11.7. The third kappa shape index (κ3) is 4.85. The summed E-state index contributed by atoms with van der Waals surface area (Å²) < 4.78 is 5.31. The standard InChI is InChI=1S/C21H22N4O5S/c1-13(27)23-10-17-11-25(21(28)29-17)15-4-2-14(3-5-15)19-6-7-20(31-19)18-8-16(30-24-18)9-22-12-26/h2-7,12,16-17H,8-11H2,1H3,(H,22,26)(H,23,27)/t16?,17-/m0/s1. The van der Waals surface area contributed by atoms with Crippen molar-refractivity contribution in [2.75, 3.05) is 24.5 Å². The number of thiophene rings is 1. The lowest BCUT2D eigenvalue weighted by Gasteiger charge is -2.13. The summed E-state index contributed by atoms with van der Waals surface area (Å²) in [6.07, 6.45) is 0.380. The van der Waals surface area contributed by atoms with E-state index in [0.29, 0.717) is 32.5 Å². The average Bonchev–Trinajstić information content (AvgIpc) is 3.50. The van der Waals surface area contributed by atoms with Gasteiger partial charge in [0.05, 0.1) is 24.5 Å². The summed E-state index contributed by atoms with van der Waals surface area (Å²) in [7, 11) is 0. The molecule has 0 radical (unpaired) electrons. The number of rotatable bonds is 8. The summed E-state index contributed by atoms with van der Waals surface area (Å²) in [5.41, 5.74) is 2.64. The molecule has 31 heavy (non-hydrogen) atoms. The molecule has 2 atom stereocenters. The highest BCUT2D eigenvalue weighted by Gasteiger charge is 2.32. The van der Waals surface area contributed by atoms with Crippen LogP contribution in [0.5, 0.6) is 0 Å². The predicted octanol–water partition coefficient (Wildman–Crippen LogP) is 2.12. The number of nitrogens with zero attached hydrogens (tertiary/aromatic N) is 2. The monoisotopic (exact) mass is 442 g/mol. The molecule has 1 aromatic carbocycles. The van der Waals surface area contributed by atoms with Gasteiger partial charge in [0.2, 0.25) is 12.3 Å². The van der Waals surface area contributed by atoms with Crippen LogP contribution in [0.4, 0.5) is 10.5 Å². The number of nitrogens with one attached hydrogen (secondary N) is 2. The van der Waals surface area contributed by atoms with Crippen molar-refractivity contribution in [3.8, 4) is 10.4 Å². The Balaban J connectivity index is 1.39. The van der Waals surface area contributed by atoms with E-state index in [1.807, 2.05) is 36.4 Å². The van der Waals surface area contributed by atoms with E-state index in [-0.39, 0.29) is 18.1 Å². The van der Waals surface area contributed by atoms with Crippen LogP contribution in [0.3, 0.4) is 0 Å². The Labute approximate surface area is 183 Å². The van der Waals surface area contributed by atoms with E-state index in [0.717, 1.165) is 26.7 Å². The van der Waals surface area contributed by atoms with Gasteiger partial charge in [0.25, 0.3) is 0 Å². The maximum atomic E-state index is 12.2. The highest BCUT2D eigenvalue weighted by Crippen LogP contribution is 2.32. The van der Waals surface area contributed by atoms with Crippen LogP contribution >= 0.6 is 11.3 Å². The molecular weight excluding hydrogens is 420 g/mol. The molecule has 0 spiro atoms. The van der Waals surface area contributed by atoms with Gasteiger partial charge >= 0.3 is 6.09 Å². The molecule has 162 valence electrons. The largest absolute Gasteiger partial charge is 0.442 e. The molecule has 4 rings (SSSR count). The molecule has 9 nitrogen and oxygen atoms in total. The fraction of sp³-hybridized carbons (Fsp3) is 0.333. The van der Waals surface area contributed by atoms with Gasteiger partial charge in [-0.2, -0.15) is 0 Å². The Kier molecular flexibility index (Phi) is 6.17. The summed E-state index contributed by atoms with van der Waals surface area (Å²) in [4.78, 5) is 42.7. The number of carbonyl (C=O) groups excluding carboxylic acids is 3. The lowest BCUT2D eigenvalue weighted by Crippen LogP contribution is -2.33. The number of anilines is 1. The summed E-state index contributed by atoms with van der Waals surface area (Å²) >= 11 is 1.61. The summed E-state index contributed by atoms with van der Waals surface area (Å²) in [5, 5.41) is 9.42. The van der Waals surface area contributed by atoms with Crippen molar-refractivity contribution in [2.24, 2.45) is 5.16 Å².